The Labute approximate surface area is 230 Å². The number of hydrogen-bond donors (Lipinski definition) is 4. The van der Waals surface area contributed by atoms with Crippen molar-refractivity contribution in [2.24, 2.45) is 5.41 Å². The molecule has 2 bridgehead atoms. The number of rotatable bonds is 5. The van der Waals surface area contributed by atoms with Crippen molar-refractivity contribution >= 4 is 45.5 Å². The van der Waals surface area contributed by atoms with E-state index in [-0.39, 0.29) is 35.4 Å². The van der Waals surface area contributed by atoms with E-state index in [9.17, 15) is 24.3 Å². The number of nitrogens with zero attached hydrogens (tertiary/aromatic N) is 2. The van der Waals surface area contributed by atoms with Gasteiger partial charge in [0.05, 0.1) is 17.6 Å². The number of carboxylic acid groups (broad SMARTS) is 1. The average Bonchev–Trinajstić information content (AvgIpc) is 3.71. The molecule has 2 aromatic heterocycles. The number of fused-ring (bicyclic) bond motifs is 4. The van der Waals surface area contributed by atoms with Crippen molar-refractivity contribution in [3.63, 3.8) is 0 Å². The number of aromatic carboxylic acids is 1. The van der Waals surface area contributed by atoms with Gasteiger partial charge in [-0.05, 0) is 48.2 Å². The first-order valence-electron chi connectivity index (χ1n) is 13.4. The predicted molar refractivity (Wildman–Crippen MR) is 149 cm³/mol. The summed E-state index contributed by atoms with van der Waals surface area (Å²) < 4.78 is 0. The average molecular weight is 542 g/mol. The van der Waals surface area contributed by atoms with Gasteiger partial charge in [0.2, 0.25) is 5.91 Å². The molecule has 10 nitrogen and oxygen atoms in total. The van der Waals surface area contributed by atoms with Gasteiger partial charge in [0.15, 0.2) is 0 Å². The smallest absolute Gasteiger partial charge is 0.335 e. The Morgan fingerprint density at radius 2 is 1.52 bits per heavy atom. The van der Waals surface area contributed by atoms with Crippen molar-refractivity contribution in [1.82, 2.24) is 25.1 Å². The third-order valence-electron chi connectivity index (χ3n) is 8.05. The summed E-state index contributed by atoms with van der Waals surface area (Å²) in [4.78, 5) is 61.5. The number of carbonyl (C=O) groups excluding carboxylic acids is 3. The molecule has 0 unspecified atom stereocenters. The summed E-state index contributed by atoms with van der Waals surface area (Å²) in [5.41, 5.74) is 1.95. The number of likely N-dealkylation sites (tertiary alicyclic amines) is 2. The van der Waals surface area contributed by atoms with Gasteiger partial charge in [-0.1, -0.05) is 39.0 Å². The fourth-order valence-electron chi connectivity index (χ4n) is 5.94. The second kappa shape index (κ2) is 9.25. The van der Waals surface area contributed by atoms with Crippen LogP contribution in [0.15, 0.2) is 54.6 Å². The van der Waals surface area contributed by atoms with E-state index in [1.807, 2.05) is 45.0 Å². The molecular weight excluding hydrogens is 510 g/mol. The first kappa shape index (κ1) is 25.7. The van der Waals surface area contributed by atoms with Crippen LogP contribution in [0, 0.1) is 5.41 Å². The Morgan fingerprint density at radius 1 is 0.875 bits per heavy atom. The number of H-pyrrole nitrogens is 2. The van der Waals surface area contributed by atoms with Crippen LogP contribution in [0.25, 0.3) is 21.8 Å². The number of carbonyl (C=O) groups is 4. The molecule has 40 heavy (non-hydrogen) atoms. The van der Waals surface area contributed by atoms with Gasteiger partial charge in [-0.3, -0.25) is 14.4 Å². The van der Waals surface area contributed by atoms with Crippen LogP contribution < -0.4 is 5.32 Å². The Kier molecular flexibility index (Phi) is 5.94. The van der Waals surface area contributed by atoms with E-state index in [0.29, 0.717) is 41.8 Å². The van der Waals surface area contributed by atoms with Crippen molar-refractivity contribution in [3.05, 3.63) is 71.5 Å². The number of nitrogens with one attached hydrogen (secondary N) is 3. The van der Waals surface area contributed by atoms with E-state index in [4.69, 9.17) is 0 Å². The number of carboxylic acids is 1. The maximum atomic E-state index is 13.8. The third kappa shape index (κ3) is 4.39. The van der Waals surface area contributed by atoms with Crippen molar-refractivity contribution in [3.8, 4) is 0 Å². The minimum absolute atomic E-state index is 0.132. The van der Waals surface area contributed by atoms with E-state index >= 15 is 0 Å². The fraction of sp³-hybridized carbons (Fsp3) is 0.333. The van der Waals surface area contributed by atoms with Crippen molar-refractivity contribution < 1.29 is 24.3 Å². The molecule has 4 aromatic rings. The summed E-state index contributed by atoms with van der Waals surface area (Å²) in [7, 11) is 0. The molecular formula is C30H31N5O5. The zero-order valence-corrected chi connectivity index (χ0v) is 22.5. The molecule has 2 saturated heterocycles. The third-order valence-corrected chi connectivity index (χ3v) is 8.05. The first-order chi connectivity index (χ1) is 19.0. The quantitative estimate of drug-likeness (QED) is 0.306. The van der Waals surface area contributed by atoms with Gasteiger partial charge in [0.25, 0.3) is 11.8 Å². The lowest BCUT2D eigenvalue weighted by Gasteiger charge is -2.39. The summed E-state index contributed by atoms with van der Waals surface area (Å²) in [5.74, 6) is -1.69. The Balaban J connectivity index is 1.16. The van der Waals surface area contributed by atoms with E-state index in [1.54, 1.807) is 28.0 Å². The number of piperazine rings is 1. The number of aromatic nitrogens is 2. The minimum Gasteiger partial charge on any atom is -0.478 e. The first-order valence-corrected chi connectivity index (χ1v) is 13.4. The molecule has 206 valence electrons. The molecule has 2 fully saturated rings. The minimum atomic E-state index is -1.02. The van der Waals surface area contributed by atoms with Gasteiger partial charge in [0, 0.05) is 34.9 Å². The number of para-hydroxylation sites is 1. The Bertz CT molecular complexity index is 1650. The lowest BCUT2D eigenvalue weighted by molar-refractivity contribution is -0.138. The molecule has 10 heteroatoms. The van der Waals surface area contributed by atoms with Gasteiger partial charge in [-0.25, -0.2) is 4.79 Å². The van der Waals surface area contributed by atoms with Crippen LogP contribution in [0.4, 0.5) is 0 Å². The van der Waals surface area contributed by atoms with Gasteiger partial charge < -0.3 is 30.2 Å². The molecule has 0 aliphatic carbocycles. The molecule has 0 radical (unpaired) electrons. The second-order valence-electron chi connectivity index (χ2n) is 11.8. The second-order valence-corrected chi connectivity index (χ2v) is 11.8. The zero-order valence-electron chi connectivity index (χ0n) is 22.5. The van der Waals surface area contributed by atoms with E-state index in [0.717, 1.165) is 10.9 Å². The number of aromatic amines is 2. The normalized spacial score (nSPS) is 19.4. The summed E-state index contributed by atoms with van der Waals surface area (Å²) in [5, 5.41) is 13.8. The van der Waals surface area contributed by atoms with Crippen LogP contribution in [0.3, 0.4) is 0 Å². The monoisotopic (exact) mass is 541 g/mol. The fourth-order valence-corrected chi connectivity index (χ4v) is 5.94. The van der Waals surface area contributed by atoms with Gasteiger partial charge >= 0.3 is 5.97 Å². The van der Waals surface area contributed by atoms with Crippen LogP contribution in [0.2, 0.25) is 0 Å². The molecule has 4 heterocycles. The van der Waals surface area contributed by atoms with Crippen LogP contribution in [-0.2, 0) is 4.79 Å². The van der Waals surface area contributed by atoms with Crippen molar-refractivity contribution in [2.45, 2.75) is 45.3 Å². The lowest BCUT2D eigenvalue weighted by atomic mass is 9.85. The maximum absolute atomic E-state index is 13.8. The number of hydrogen-bond acceptors (Lipinski definition) is 4. The molecule has 4 N–H and O–H groups in total. The lowest BCUT2D eigenvalue weighted by Crippen LogP contribution is -2.59. The van der Waals surface area contributed by atoms with E-state index in [2.05, 4.69) is 15.3 Å². The molecule has 3 atom stereocenters. The maximum Gasteiger partial charge on any atom is 0.335 e. The highest BCUT2D eigenvalue weighted by molar-refractivity contribution is 6.02. The van der Waals surface area contributed by atoms with E-state index in [1.165, 1.54) is 12.1 Å². The number of benzene rings is 2. The van der Waals surface area contributed by atoms with Gasteiger partial charge in [-0.2, -0.15) is 0 Å². The highest BCUT2D eigenvalue weighted by Crippen LogP contribution is 2.34. The molecule has 2 aliphatic heterocycles. The molecule has 2 aromatic carbocycles. The molecule has 3 amide bonds. The molecule has 6 rings (SSSR count). The Hall–Kier alpha value is -4.60. The molecule has 0 saturated carbocycles. The van der Waals surface area contributed by atoms with Crippen molar-refractivity contribution in [2.75, 3.05) is 13.1 Å². The standard InChI is InChI=1S/C30H31N5O5/c1-30(2,3)25(33-26(36)23-11-16-6-4-5-7-21(16)31-23)28(38)35-15-19-13-20(35)14-34(19)27(37)24-12-18-10-17(29(39)40)8-9-22(18)32-24/h4-12,19-20,25,31-32H,13-15H2,1-3H3,(H,33,36)(H,39,40)/t19-,20-,25+/m0/s1. The van der Waals surface area contributed by atoms with Crippen LogP contribution in [0.1, 0.15) is 58.5 Å². The summed E-state index contributed by atoms with van der Waals surface area (Å²) >= 11 is 0. The highest BCUT2D eigenvalue weighted by atomic mass is 16.4. The Morgan fingerprint density at radius 3 is 2.20 bits per heavy atom. The SMILES string of the molecule is CC(C)(C)[C@H](NC(=O)c1cc2ccccc2[nH]1)C(=O)N1C[C@@H]2C[C@H]1CN2C(=O)c1cc2cc(C(=O)O)ccc2[nH]1. The van der Waals surface area contributed by atoms with Crippen LogP contribution >= 0.6 is 0 Å². The highest BCUT2D eigenvalue weighted by Gasteiger charge is 2.50. The van der Waals surface area contributed by atoms with Gasteiger partial charge in [0.1, 0.15) is 17.4 Å². The largest absolute Gasteiger partial charge is 0.478 e. The number of amides is 3. The van der Waals surface area contributed by atoms with Crippen LogP contribution in [-0.4, -0.2) is 79.8 Å². The van der Waals surface area contributed by atoms with Crippen molar-refractivity contribution in [1.29, 1.82) is 0 Å². The summed E-state index contributed by atoms with van der Waals surface area (Å²) in [6, 6.07) is 14.8. The molecule has 0 spiro atoms. The van der Waals surface area contributed by atoms with E-state index < -0.39 is 17.4 Å². The predicted octanol–water partition coefficient (Wildman–Crippen LogP) is 3.62. The van der Waals surface area contributed by atoms with Crippen LogP contribution in [0.5, 0.6) is 0 Å². The summed E-state index contributed by atoms with van der Waals surface area (Å²) in [6.45, 7) is 6.58. The van der Waals surface area contributed by atoms with Gasteiger partial charge in [-0.15, -0.1) is 0 Å². The topological polar surface area (TPSA) is 139 Å². The zero-order chi connectivity index (χ0) is 28.3. The molecule has 2 aliphatic rings. The summed E-state index contributed by atoms with van der Waals surface area (Å²) in [6.07, 6.45) is 0.674.